The lowest BCUT2D eigenvalue weighted by molar-refractivity contribution is 0.144. The average Bonchev–Trinajstić information content (AvgIpc) is 2.35. The van der Waals surface area contributed by atoms with Gasteiger partial charge in [-0.1, -0.05) is 37.3 Å². The van der Waals surface area contributed by atoms with E-state index >= 15 is 0 Å². The first-order valence-electron chi connectivity index (χ1n) is 6.24. The Hall–Kier alpha value is -0.860. The highest BCUT2D eigenvalue weighted by Gasteiger charge is 2.06. The lowest BCUT2D eigenvalue weighted by atomic mass is 10.0. The second kappa shape index (κ2) is 8.31. The molecule has 2 heteroatoms. The van der Waals surface area contributed by atoms with Crippen molar-refractivity contribution in [3.8, 4) is 0 Å². The Balaban J connectivity index is 2.27. The Morgan fingerprint density at radius 2 is 1.94 bits per heavy atom. The summed E-state index contributed by atoms with van der Waals surface area (Å²) in [6.45, 7) is 6.94. The number of nitrogens with one attached hydrogen (secondary N) is 1. The van der Waals surface area contributed by atoms with Crippen molar-refractivity contribution in [1.29, 1.82) is 0 Å². The number of benzene rings is 1. The third kappa shape index (κ3) is 4.77. The number of ether oxygens (including phenoxy) is 1. The molecular weight excluding hydrogens is 198 g/mol. The maximum atomic E-state index is 5.31. The van der Waals surface area contributed by atoms with Crippen LogP contribution in [0.25, 0.3) is 0 Å². The van der Waals surface area contributed by atoms with E-state index in [4.69, 9.17) is 4.74 Å². The Morgan fingerprint density at radius 1 is 1.19 bits per heavy atom. The third-order valence-corrected chi connectivity index (χ3v) is 2.67. The van der Waals surface area contributed by atoms with Gasteiger partial charge in [-0.05, 0) is 31.9 Å². The van der Waals surface area contributed by atoms with Crippen molar-refractivity contribution >= 4 is 0 Å². The van der Waals surface area contributed by atoms with Crippen LogP contribution in [0, 0.1) is 0 Å². The van der Waals surface area contributed by atoms with Gasteiger partial charge in [-0.2, -0.15) is 0 Å². The molecule has 16 heavy (non-hydrogen) atoms. The van der Waals surface area contributed by atoms with Gasteiger partial charge in [-0.15, -0.1) is 0 Å². The topological polar surface area (TPSA) is 21.3 Å². The van der Waals surface area contributed by atoms with Crippen LogP contribution in [0.1, 0.15) is 38.3 Å². The van der Waals surface area contributed by atoms with Gasteiger partial charge in [-0.3, -0.25) is 0 Å². The van der Waals surface area contributed by atoms with Gasteiger partial charge in [0.05, 0.1) is 0 Å². The molecule has 1 aromatic carbocycles. The standard InChI is InChI=1S/C14H23NO/c1-3-14(13-9-6-5-7-10-13)15-11-8-12-16-4-2/h5-7,9-10,14-15H,3-4,8,11-12H2,1-2H3. The van der Waals surface area contributed by atoms with Gasteiger partial charge in [0, 0.05) is 19.3 Å². The van der Waals surface area contributed by atoms with Crippen LogP contribution >= 0.6 is 0 Å². The monoisotopic (exact) mass is 221 g/mol. The molecule has 1 atom stereocenters. The SMILES string of the molecule is CCOCCCNC(CC)c1ccccc1. The van der Waals surface area contributed by atoms with Crippen molar-refractivity contribution in [3.63, 3.8) is 0 Å². The second-order valence-electron chi connectivity index (χ2n) is 3.88. The van der Waals surface area contributed by atoms with Gasteiger partial charge in [0.2, 0.25) is 0 Å². The van der Waals surface area contributed by atoms with Gasteiger partial charge < -0.3 is 10.1 Å². The summed E-state index contributed by atoms with van der Waals surface area (Å²) in [5.41, 5.74) is 1.38. The average molecular weight is 221 g/mol. The van der Waals surface area contributed by atoms with E-state index in [9.17, 15) is 0 Å². The van der Waals surface area contributed by atoms with Gasteiger partial charge in [-0.25, -0.2) is 0 Å². The summed E-state index contributed by atoms with van der Waals surface area (Å²) in [5.74, 6) is 0. The van der Waals surface area contributed by atoms with Crippen LogP contribution in [0.2, 0.25) is 0 Å². The number of rotatable bonds is 8. The molecule has 0 aliphatic heterocycles. The molecule has 0 amide bonds. The maximum Gasteiger partial charge on any atom is 0.0477 e. The summed E-state index contributed by atoms with van der Waals surface area (Å²) in [7, 11) is 0. The molecule has 1 rings (SSSR count). The van der Waals surface area contributed by atoms with Gasteiger partial charge in [0.1, 0.15) is 0 Å². The molecular formula is C14H23NO. The fraction of sp³-hybridized carbons (Fsp3) is 0.571. The van der Waals surface area contributed by atoms with E-state index in [0.29, 0.717) is 6.04 Å². The smallest absolute Gasteiger partial charge is 0.0477 e. The van der Waals surface area contributed by atoms with E-state index in [1.54, 1.807) is 0 Å². The molecule has 0 aliphatic carbocycles. The minimum absolute atomic E-state index is 0.475. The van der Waals surface area contributed by atoms with Crippen LogP contribution in [0.5, 0.6) is 0 Å². The summed E-state index contributed by atoms with van der Waals surface area (Å²) in [6.07, 6.45) is 2.20. The second-order valence-corrected chi connectivity index (χ2v) is 3.88. The van der Waals surface area contributed by atoms with E-state index in [-0.39, 0.29) is 0 Å². The molecule has 0 aromatic heterocycles. The molecule has 0 bridgehead atoms. The number of hydrogen-bond donors (Lipinski definition) is 1. The van der Waals surface area contributed by atoms with Gasteiger partial charge in [0.15, 0.2) is 0 Å². The number of hydrogen-bond acceptors (Lipinski definition) is 2. The van der Waals surface area contributed by atoms with Crippen LogP contribution < -0.4 is 5.32 Å². The van der Waals surface area contributed by atoms with Crippen molar-refractivity contribution in [1.82, 2.24) is 5.32 Å². The molecule has 0 radical (unpaired) electrons. The van der Waals surface area contributed by atoms with E-state index < -0.39 is 0 Å². The molecule has 0 saturated carbocycles. The molecule has 0 aliphatic rings. The quantitative estimate of drug-likeness (QED) is 0.681. The summed E-state index contributed by atoms with van der Waals surface area (Å²) in [4.78, 5) is 0. The van der Waals surface area contributed by atoms with E-state index in [1.165, 1.54) is 5.56 Å². The summed E-state index contributed by atoms with van der Waals surface area (Å²) in [6, 6.07) is 11.1. The first kappa shape index (κ1) is 13.2. The zero-order chi connectivity index (χ0) is 11.6. The predicted octanol–water partition coefficient (Wildman–Crippen LogP) is 3.15. The van der Waals surface area contributed by atoms with Crippen LogP contribution in [-0.4, -0.2) is 19.8 Å². The molecule has 0 saturated heterocycles. The van der Waals surface area contributed by atoms with Crippen LogP contribution in [0.3, 0.4) is 0 Å². The fourth-order valence-corrected chi connectivity index (χ4v) is 1.78. The molecule has 0 spiro atoms. The highest BCUT2D eigenvalue weighted by Crippen LogP contribution is 2.15. The van der Waals surface area contributed by atoms with Gasteiger partial charge >= 0.3 is 0 Å². The van der Waals surface area contributed by atoms with Crippen LogP contribution in [0.15, 0.2) is 30.3 Å². The largest absolute Gasteiger partial charge is 0.382 e. The molecule has 1 aromatic rings. The normalized spacial score (nSPS) is 12.6. The zero-order valence-corrected chi connectivity index (χ0v) is 10.4. The maximum absolute atomic E-state index is 5.31. The van der Waals surface area contributed by atoms with E-state index in [2.05, 4.69) is 42.6 Å². The highest BCUT2D eigenvalue weighted by molar-refractivity contribution is 5.18. The third-order valence-electron chi connectivity index (χ3n) is 2.67. The predicted molar refractivity (Wildman–Crippen MR) is 68.6 cm³/mol. The molecule has 2 nitrogen and oxygen atoms in total. The summed E-state index contributed by atoms with van der Waals surface area (Å²) in [5, 5.41) is 3.56. The van der Waals surface area contributed by atoms with E-state index in [0.717, 1.165) is 32.6 Å². The summed E-state index contributed by atoms with van der Waals surface area (Å²) >= 11 is 0. The summed E-state index contributed by atoms with van der Waals surface area (Å²) < 4.78 is 5.31. The molecule has 0 heterocycles. The Bertz CT molecular complexity index is 261. The van der Waals surface area contributed by atoms with Crippen molar-refractivity contribution in [2.75, 3.05) is 19.8 Å². The Morgan fingerprint density at radius 3 is 2.56 bits per heavy atom. The van der Waals surface area contributed by atoms with Crippen molar-refractivity contribution in [2.24, 2.45) is 0 Å². The van der Waals surface area contributed by atoms with Gasteiger partial charge in [0.25, 0.3) is 0 Å². The molecule has 0 fully saturated rings. The van der Waals surface area contributed by atoms with Crippen LogP contribution in [0.4, 0.5) is 0 Å². The van der Waals surface area contributed by atoms with Crippen molar-refractivity contribution < 1.29 is 4.74 Å². The molecule has 1 N–H and O–H groups in total. The first-order valence-corrected chi connectivity index (χ1v) is 6.24. The zero-order valence-electron chi connectivity index (χ0n) is 10.4. The highest BCUT2D eigenvalue weighted by atomic mass is 16.5. The van der Waals surface area contributed by atoms with Crippen LogP contribution in [-0.2, 0) is 4.74 Å². The Labute approximate surface area is 99.0 Å². The minimum atomic E-state index is 0.475. The fourth-order valence-electron chi connectivity index (χ4n) is 1.78. The lowest BCUT2D eigenvalue weighted by Crippen LogP contribution is -2.22. The molecule has 1 unspecified atom stereocenters. The lowest BCUT2D eigenvalue weighted by Gasteiger charge is -2.17. The van der Waals surface area contributed by atoms with Crippen molar-refractivity contribution in [2.45, 2.75) is 32.7 Å². The molecule has 90 valence electrons. The van der Waals surface area contributed by atoms with Crippen molar-refractivity contribution in [3.05, 3.63) is 35.9 Å². The Kier molecular flexibility index (Phi) is 6.86. The minimum Gasteiger partial charge on any atom is -0.382 e. The van der Waals surface area contributed by atoms with E-state index in [1.807, 2.05) is 6.92 Å². The first-order chi connectivity index (χ1) is 7.88.